The summed E-state index contributed by atoms with van der Waals surface area (Å²) in [6.07, 6.45) is 3.78. The lowest BCUT2D eigenvalue weighted by atomic mass is 9.79. The maximum atomic E-state index is 12.7. The highest BCUT2D eigenvalue weighted by Gasteiger charge is 2.38. The summed E-state index contributed by atoms with van der Waals surface area (Å²) in [6, 6.07) is 8.56. The third-order valence-electron chi connectivity index (χ3n) is 4.77. The molecule has 0 fully saturated rings. The number of hydrogen-bond donors (Lipinski definition) is 1. The zero-order chi connectivity index (χ0) is 19.1. The Kier molecular flexibility index (Phi) is 7.25. The van der Waals surface area contributed by atoms with Crippen LogP contribution in [-0.2, 0) is 16.1 Å². The molecule has 5 nitrogen and oxygen atoms in total. The van der Waals surface area contributed by atoms with Gasteiger partial charge >= 0.3 is 12.1 Å². The van der Waals surface area contributed by atoms with Gasteiger partial charge in [-0.1, -0.05) is 55.8 Å². The van der Waals surface area contributed by atoms with Gasteiger partial charge in [0.05, 0.1) is 0 Å². The highest BCUT2D eigenvalue weighted by molar-refractivity contribution is 5.80. The number of carboxylic acids is 1. The van der Waals surface area contributed by atoms with Crippen LogP contribution in [0.5, 0.6) is 0 Å². The number of allylic oxidation sites excluding steroid dienone is 2. The summed E-state index contributed by atoms with van der Waals surface area (Å²) in [5.41, 5.74) is 2.07. The van der Waals surface area contributed by atoms with E-state index in [1.807, 2.05) is 44.2 Å². The lowest BCUT2D eigenvalue weighted by Crippen LogP contribution is -2.50. The van der Waals surface area contributed by atoms with Gasteiger partial charge in [0.2, 0.25) is 0 Å². The van der Waals surface area contributed by atoms with Crippen LogP contribution in [0.4, 0.5) is 4.79 Å². The van der Waals surface area contributed by atoms with Crippen LogP contribution in [0.2, 0.25) is 0 Å². The van der Waals surface area contributed by atoms with E-state index in [-0.39, 0.29) is 12.5 Å². The average molecular weight is 359 g/mol. The minimum Gasteiger partial charge on any atom is -0.480 e. The molecule has 0 saturated carbocycles. The van der Waals surface area contributed by atoms with Gasteiger partial charge in [0.15, 0.2) is 0 Å². The number of hydrogen-bond acceptors (Lipinski definition) is 3. The monoisotopic (exact) mass is 359 g/mol. The first-order valence-corrected chi connectivity index (χ1v) is 9.29. The normalized spacial score (nSPS) is 20.8. The van der Waals surface area contributed by atoms with E-state index in [0.29, 0.717) is 25.3 Å². The highest BCUT2D eigenvalue weighted by Crippen LogP contribution is 2.33. The second-order valence-electron chi connectivity index (χ2n) is 7.21. The van der Waals surface area contributed by atoms with Crippen LogP contribution < -0.4 is 0 Å². The summed E-state index contributed by atoms with van der Waals surface area (Å²) in [5.74, 6) is -0.732. The molecular weight excluding hydrogens is 330 g/mol. The predicted molar refractivity (Wildman–Crippen MR) is 101 cm³/mol. The number of carbonyl (C=O) groups is 2. The lowest BCUT2D eigenvalue weighted by Gasteiger charge is -2.36. The largest absolute Gasteiger partial charge is 0.480 e. The van der Waals surface area contributed by atoms with Crippen LogP contribution in [0.25, 0.3) is 0 Å². The molecule has 0 aliphatic heterocycles. The molecule has 0 saturated heterocycles. The zero-order valence-electron chi connectivity index (χ0n) is 15.9. The Morgan fingerprint density at radius 1 is 1.31 bits per heavy atom. The molecule has 3 atom stereocenters. The minimum atomic E-state index is -0.956. The molecule has 1 aliphatic carbocycles. The van der Waals surface area contributed by atoms with Crippen molar-refractivity contribution in [1.82, 2.24) is 4.90 Å². The van der Waals surface area contributed by atoms with Crippen LogP contribution in [0.3, 0.4) is 0 Å². The minimum absolute atomic E-state index is 0.0941. The number of rotatable bonds is 7. The molecule has 0 spiro atoms. The Hall–Kier alpha value is -2.30. The summed E-state index contributed by atoms with van der Waals surface area (Å²) in [5, 5.41) is 9.86. The van der Waals surface area contributed by atoms with Gasteiger partial charge in [-0.2, -0.15) is 0 Å². The molecule has 3 unspecified atom stereocenters. The Bertz CT molecular complexity index is 641. The standard InChI is InChI=1S/C21H29NO4/c1-4-10-22(21(25)26-14-17-8-6-5-7-9-17)19(20(23)24)18-12-15(2)11-16(3)13-18/h5-9,11,15,18-19H,4,10,12-14H2,1-3H3,(H,23,24). The maximum Gasteiger partial charge on any atom is 0.410 e. The Morgan fingerprint density at radius 3 is 2.58 bits per heavy atom. The summed E-state index contributed by atoms with van der Waals surface area (Å²) in [7, 11) is 0. The Morgan fingerprint density at radius 2 is 2.00 bits per heavy atom. The van der Waals surface area contributed by atoms with E-state index in [4.69, 9.17) is 4.74 Å². The van der Waals surface area contributed by atoms with Crippen LogP contribution >= 0.6 is 0 Å². The molecule has 1 amide bonds. The predicted octanol–water partition coefficient (Wildman–Crippen LogP) is 4.48. The summed E-state index contributed by atoms with van der Waals surface area (Å²) in [4.78, 5) is 26.1. The Balaban J connectivity index is 2.14. The lowest BCUT2D eigenvalue weighted by molar-refractivity contribution is -0.145. The van der Waals surface area contributed by atoms with E-state index in [0.717, 1.165) is 12.0 Å². The first kappa shape index (κ1) is 20.0. The molecule has 0 bridgehead atoms. The fourth-order valence-corrected chi connectivity index (χ4v) is 3.81. The number of nitrogens with zero attached hydrogens (tertiary/aromatic N) is 1. The molecule has 1 aliphatic rings. The van der Waals surface area contributed by atoms with Gasteiger partial charge in [-0.15, -0.1) is 0 Å². The van der Waals surface area contributed by atoms with Crippen molar-refractivity contribution >= 4 is 12.1 Å². The van der Waals surface area contributed by atoms with Gasteiger partial charge in [0.1, 0.15) is 12.6 Å². The first-order chi connectivity index (χ1) is 12.4. The van der Waals surface area contributed by atoms with Crippen LogP contribution in [-0.4, -0.2) is 34.7 Å². The maximum absolute atomic E-state index is 12.7. The summed E-state index contributed by atoms with van der Waals surface area (Å²) >= 11 is 0. The van der Waals surface area contributed by atoms with Crippen molar-refractivity contribution in [3.8, 4) is 0 Å². The van der Waals surface area contributed by atoms with Crippen molar-refractivity contribution in [3.05, 3.63) is 47.5 Å². The van der Waals surface area contributed by atoms with Crippen molar-refractivity contribution in [3.63, 3.8) is 0 Å². The van der Waals surface area contributed by atoms with Gasteiger partial charge in [-0.25, -0.2) is 9.59 Å². The topological polar surface area (TPSA) is 66.8 Å². The zero-order valence-corrected chi connectivity index (χ0v) is 15.9. The van der Waals surface area contributed by atoms with E-state index in [1.54, 1.807) is 0 Å². The molecule has 0 heterocycles. The van der Waals surface area contributed by atoms with Crippen molar-refractivity contribution in [2.75, 3.05) is 6.54 Å². The van der Waals surface area contributed by atoms with E-state index >= 15 is 0 Å². The third-order valence-corrected chi connectivity index (χ3v) is 4.77. The molecule has 0 aromatic heterocycles. The smallest absolute Gasteiger partial charge is 0.410 e. The van der Waals surface area contributed by atoms with Gasteiger partial charge in [-0.3, -0.25) is 4.90 Å². The Labute approximate surface area is 155 Å². The number of amides is 1. The second kappa shape index (κ2) is 9.41. The molecule has 1 aromatic rings. The molecule has 0 radical (unpaired) electrons. The average Bonchev–Trinajstić information content (AvgIpc) is 2.59. The van der Waals surface area contributed by atoms with Crippen molar-refractivity contribution in [1.29, 1.82) is 0 Å². The molecule has 142 valence electrons. The molecular formula is C21H29NO4. The van der Waals surface area contributed by atoms with Gasteiger partial charge < -0.3 is 9.84 Å². The van der Waals surface area contributed by atoms with Crippen molar-refractivity contribution in [2.24, 2.45) is 11.8 Å². The van der Waals surface area contributed by atoms with Crippen LogP contribution in [0, 0.1) is 11.8 Å². The summed E-state index contributed by atoms with van der Waals surface area (Å²) in [6.45, 7) is 6.57. The quantitative estimate of drug-likeness (QED) is 0.729. The van der Waals surface area contributed by atoms with Crippen LogP contribution in [0.15, 0.2) is 42.0 Å². The number of benzene rings is 1. The highest BCUT2D eigenvalue weighted by atomic mass is 16.6. The fourth-order valence-electron chi connectivity index (χ4n) is 3.81. The van der Waals surface area contributed by atoms with Crippen LogP contribution in [0.1, 0.15) is 45.6 Å². The number of ether oxygens (including phenoxy) is 1. The molecule has 26 heavy (non-hydrogen) atoms. The number of carboxylic acid groups (broad SMARTS) is 1. The van der Waals surface area contributed by atoms with E-state index in [1.165, 1.54) is 10.5 Å². The third kappa shape index (κ3) is 5.35. The van der Waals surface area contributed by atoms with Crippen molar-refractivity contribution in [2.45, 2.75) is 52.7 Å². The van der Waals surface area contributed by atoms with E-state index in [2.05, 4.69) is 13.0 Å². The molecule has 5 heteroatoms. The molecule has 1 N–H and O–H groups in total. The van der Waals surface area contributed by atoms with Gasteiger partial charge in [-0.05, 0) is 43.6 Å². The number of aliphatic carboxylic acids is 1. The molecule has 1 aromatic carbocycles. The summed E-state index contributed by atoms with van der Waals surface area (Å²) < 4.78 is 5.43. The van der Waals surface area contributed by atoms with Gasteiger partial charge in [0.25, 0.3) is 0 Å². The van der Waals surface area contributed by atoms with E-state index < -0.39 is 18.1 Å². The SMILES string of the molecule is CCCN(C(=O)OCc1ccccc1)C(C(=O)O)C1CC(C)=CC(C)C1. The molecule has 2 rings (SSSR count). The first-order valence-electron chi connectivity index (χ1n) is 9.29. The second-order valence-corrected chi connectivity index (χ2v) is 7.21. The fraction of sp³-hybridized carbons (Fsp3) is 0.524. The van der Waals surface area contributed by atoms with Crippen molar-refractivity contribution < 1.29 is 19.4 Å². The number of carbonyl (C=O) groups excluding carboxylic acids is 1. The van der Waals surface area contributed by atoms with Gasteiger partial charge in [0, 0.05) is 6.54 Å². The van der Waals surface area contributed by atoms with E-state index in [9.17, 15) is 14.7 Å².